The number of nitrogens with one attached hydrogen (secondary N) is 2. The van der Waals surface area contributed by atoms with Gasteiger partial charge < -0.3 is 10.3 Å². The molecule has 2 aliphatic rings. The van der Waals surface area contributed by atoms with Crippen molar-refractivity contribution in [1.29, 1.82) is 0 Å². The van der Waals surface area contributed by atoms with Gasteiger partial charge in [0.2, 0.25) is 0 Å². The van der Waals surface area contributed by atoms with Crippen molar-refractivity contribution in [3.63, 3.8) is 0 Å². The van der Waals surface area contributed by atoms with Crippen LogP contribution in [0.25, 0.3) is 0 Å². The van der Waals surface area contributed by atoms with Gasteiger partial charge in [-0.1, -0.05) is 46.7 Å². The third-order valence-corrected chi connectivity index (χ3v) is 6.49. The Kier molecular flexibility index (Phi) is 5.23. The first kappa shape index (κ1) is 18.5. The molecule has 0 fully saturated rings. The Hall–Kier alpha value is -1.86. The summed E-state index contributed by atoms with van der Waals surface area (Å²) >= 11 is 5.00. The van der Waals surface area contributed by atoms with E-state index in [0.717, 1.165) is 46.3 Å². The molecule has 0 radical (unpaired) electrons. The number of H-pyrrole nitrogens is 1. The summed E-state index contributed by atoms with van der Waals surface area (Å²) in [6.07, 6.45) is 3.16. The third-order valence-electron chi connectivity index (χ3n) is 4.88. The van der Waals surface area contributed by atoms with E-state index in [9.17, 15) is 9.59 Å². The van der Waals surface area contributed by atoms with Gasteiger partial charge in [-0.15, -0.1) is 0 Å². The molecule has 1 atom stereocenters. The average Bonchev–Trinajstić information content (AvgIpc) is 2.65. The van der Waals surface area contributed by atoms with Crippen LogP contribution in [-0.2, 0) is 4.79 Å². The average molecular weight is 446 g/mol. The summed E-state index contributed by atoms with van der Waals surface area (Å²) in [7, 11) is 0. The van der Waals surface area contributed by atoms with E-state index in [2.05, 4.69) is 38.1 Å². The molecule has 0 saturated carbocycles. The number of hydrogen-bond acceptors (Lipinski definition) is 5. The summed E-state index contributed by atoms with van der Waals surface area (Å²) < 4.78 is 0.961. The van der Waals surface area contributed by atoms with Crippen molar-refractivity contribution >= 4 is 39.3 Å². The molecule has 1 aromatic heterocycles. The molecule has 0 unspecified atom stereocenters. The van der Waals surface area contributed by atoms with Gasteiger partial charge in [0.25, 0.3) is 5.56 Å². The van der Waals surface area contributed by atoms with Crippen LogP contribution in [0, 0.1) is 0 Å². The van der Waals surface area contributed by atoms with Crippen LogP contribution in [0.1, 0.15) is 49.7 Å². The second kappa shape index (κ2) is 7.64. The Labute approximate surface area is 170 Å². The van der Waals surface area contributed by atoms with E-state index >= 15 is 0 Å². The summed E-state index contributed by atoms with van der Waals surface area (Å²) in [6.45, 7) is 2.09. The fourth-order valence-electron chi connectivity index (χ4n) is 3.70. The van der Waals surface area contributed by atoms with E-state index in [1.807, 2.05) is 24.3 Å². The first-order chi connectivity index (χ1) is 13.1. The largest absolute Gasteiger partial charge is 0.343 e. The number of thioether (sulfide) groups is 1. The van der Waals surface area contributed by atoms with Crippen LogP contribution >= 0.6 is 27.7 Å². The van der Waals surface area contributed by atoms with Crippen LogP contribution in [0.15, 0.2) is 50.0 Å². The molecule has 1 aliphatic carbocycles. The number of carbonyl (C=O) groups excluding carboxylic acids is 1. The number of Topliss-reactive ketones (excluding diaryl/α,β-unsaturated/α-hetero) is 1. The molecule has 2 heterocycles. The van der Waals surface area contributed by atoms with Crippen LogP contribution in [-0.4, -0.2) is 21.5 Å². The fourth-order valence-corrected chi connectivity index (χ4v) is 4.68. The number of fused-ring (bicyclic) bond motifs is 1. The van der Waals surface area contributed by atoms with Crippen molar-refractivity contribution in [2.45, 2.75) is 43.7 Å². The quantitative estimate of drug-likeness (QED) is 0.531. The maximum absolute atomic E-state index is 13.0. The normalized spacial score (nSPS) is 18.7. The molecule has 2 aromatic rings. The zero-order valence-electron chi connectivity index (χ0n) is 15.0. The molecule has 0 bridgehead atoms. The predicted octanol–water partition coefficient (Wildman–Crippen LogP) is 4.60. The van der Waals surface area contributed by atoms with Crippen LogP contribution in [0.4, 0.5) is 5.82 Å². The van der Waals surface area contributed by atoms with Crippen molar-refractivity contribution in [2.75, 3.05) is 11.1 Å². The molecule has 5 nitrogen and oxygen atoms in total. The molecule has 0 amide bonds. The van der Waals surface area contributed by atoms with Gasteiger partial charge in [0.15, 0.2) is 10.9 Å². The Morgan fingerprint density at radius 2 is 2.00 bits per heavy atom. The molecule has 1 aliphatic heterocycles. The highest BCUT2D eigenvalue weighted by atomic mass is 79.9. The summed E-state index contributed by atoms with van der Waals surface area (Å²) in [6, 6.07) is 7.82. The van der Waals surface area contributed by atoms with Gasteiger partial charge in [-0.05, 0) is 37.0 Å². The second-order valence-electron chi connectivity index (χ2n) is 6.76. The number of anilines is 1. The SMILES string of the molecule is CCCSc1nc2c(c(=O)[nH]1)[C@@H](c1ccc(Br)cc1)C1=C(CCCC1=O)N2. The number of benzene rings is 1. The van der Waals surface area contributed by atoms with Gasteiger partial charge in [0, 0.05) is 33.8 Å². The van der Waals surface area contributed by atoms with Crippen LogP contribution in [0.3, 0.4) is 0 Å². The molecule has 4 rings (SSSR count). The zero-order valence-corrected chi connectivity index (χ0v) is 17.4. The van der Waals surface area contributed by atoms with E-state index in [-0.39, 0.29) is 17.3 Å². The van der Waals surface area contributed by atoms with Gasteiger partial charge in [0.1, 0.15) is 5.82 Å². The third kappa shape index (κ3) is 3.50. The van der Waals surface area contributed by atoms with E-state index < -0.39 is 0 Å². The smallest absolute Gasteiger partial charge is 0.257 e. The maximum atomic E-state index is 13.0. The molecule has 0 spiro atoms. The van der Waals surface area contributed by atoms with Crippen molar-refractivity contribution in [3.05, 3.63) is 61.5 Å². The number of rotatable bonds is 4. The van der Waals surface area contributed by atoms with Crippen molar-refractivity contribution < 1.29 is 4.79 Å². The molecule has 2 N–H and O–H groups in total. The summed E-state index contributed by atoms with van der Waals surface area (Å²) in [5, 5.41) is 3.92. The lowest BCUT2D eigenvalue weighted by atomic mass is 9.76. The lowest BCUT2D eigenvalue weighted by molar-refractivity contribution is -0.116. The maximum Gasteiger partial charge on any atom is 0.257 e. The molecule has 27 heavy (non-hydrogen) atoms. The molecular formula is C20H20BrN3O2S. The molecular weight excluding hydrogens is 426 g/mol. The number of halogens is 1. The highest BCUT2D eigenvalue weighted by Crippen LogP contribution is 2.43. The number of allylic oxidation sites excluding steroid dienone is 2. The Bertz CT molecular complexity index is 982. The second-order valence-corrected chi connectivity index (χ2v) is 8.76. The van der Waals surface area contributed by atoms with Gasteiger partial charge in [-0.2, -0.15) is 0 Å². The minimum Gasteiger partial charge on any atom is -0.343 e. The summed E-state index contributed by atoms with van der Waals surface area (Å²) in [4.78, 5) is 33.3. The van der Waals surface area contributed by atoms with Gasteiger partial charge in [-0.3, -0.25) is 9.59 Å². The Balaban J connectivity index is 1.89. The van der Waals surface area contributed by atoms with Crippen LogP contribution < -0.4 is 10.9 Å². The van der Waals surface area contributed by atoms with Crippen molar-refractivity contribution in [1.82, 2.24) is 9.97 Å². The van der Waals surface area contributed by atoms with E-state index in [1.165, 1.54) is 0 Å². The number of aromatic amines is 1. The number of nitrogens with zero attached hydrogens (tertiary/aromatic N) is 1. The minimum atomic E-state index is -0.376. The van der Waals surface area contributed by atoms with E-state index in [4.69, 9.17) is 0 Å². The Morgan fingerprint density at radius 1 is 1.22 bits per heavy atom. The fraction of sp³-hybridized carbons (Fsp3) is 0.350. The highest BCUT2D eigenvalue weighted by molar-refractivity contribution is 9.10. The van der Waals surface area contributed by atoms with Crippen LogP contribution in [0.5, 0.6) is 0 Å². The lowest BCUT2D eigenvalue weighted by Crippen LogP contribution is -2.32. The zero-order chi connectivity index (χ0) is 19.0. The highest BCUT2D eigenvalue weighted by Gasteiger charge is 2.37. The van der Waals surface area contributed by atoms with Gasteiger partial charge in [0.05, 0.1) is 5.56 Å². The molecule has 0 saturated heterocycles. The first-order valence-corrected chi connectivity index (χ1v) is 10.9. The van der Waals surface area contributed by atoms with Crippen molar-refractivity contribution in [2.24, 2.45) is 0 Å². The number of ketones is 1. The predicted molar refractivity (Wildman–Crippen MR) is 111 cm³/mol. The van der Waals surface area contributed by atoms with Gasteiger partial charge in [-0.25, -0.2) is 4.98 Å². The Morgan fingerprint density at radius 3 is 2.74 bits per heavy atom. The van der Waals surface area contributed by atoms with Crippen LogP contribution in [0.2, 0.25) is 0 Å². The number of hydrogen-bond donors (Lipinski definition) is 2. The van der Waals surface area contributed by atoms with E-state index in [1.54, 1.807) is 11.8 Å². The van der Waals surface area contributed by atoms with Gasteiger partial charge >= 0.3 is 0 Å². The number of aromatic nitrogens is 2. The molecule has 1 aromatic carbocycles. The minimum absolute atomic E-state index is 0.117. The van der Waals surface area contributed by atoms with E-state index in [0.29, 0.717) is 23.0 Å². The molecule has 7 heteroatoms. The summed E-state index contributed by atoms with van der Waals surface area (Å²) in [5.74, 6) is 1.22. The first-order valence-electron chi connectivity index (χ1n) is 9.14. The van der Waals surface area contributed by atoms with Crippen molar-refractivity contribution in [3.8, 4) is 0 Å². The summed E-state index contributed by atoms with van der Waals surface area (Å²) in [5.41, 5.74) is 2.93. The number of carbonyl (C=O) groups is 1. The standard InChI is InChI=1S/C20H20BrN3O2S/c1-2-10-27-20-23-18-17(19(26)24-20)15(11-6-8-12(21)9-7-11)16-13(22-18)4-3-5-14(16)25/h6-9,15H,2-5,10H2,1H3,(H2,22,23,24,26)/t15-/m0/s1. The topological polar surface area (TPSA) is 74.8 Å². The molecule has 140 valence electrons. The monoisotopic (exact) mass is 445 g/mol. The lowest BCUT2D eigenvalue weighted by Gasteiger charge is -2.32.